The molecule has 0 atom stereocenters. The standard InChI is InChI=1S/C15H21F2N3O2/c1-14(2,3)20-19-11(13(21)22-15(4,5)6)9-7-8-10(16)18-12(9)17/h7-8,20H,1-6H3/b19-11+. The summed E-state index contributed by atoms with van der Waals surface area (Å²) >= 11 is 0. The molecule has 7 heteroatoms. The predicted molar refractivity (Wildman–Crippen MR) is 79.4 cm³/mol. The van der Waals surface area contributed by atoms with Gasteiger partial charge in [0.05, 0.1) is 5.56 Å². The Balaban J connectivity index is 3.25. The molecule has 0 spiro atoms. The van der Waals surface area contributed by atoms with Gasteiger partial charge >= 0.3 is 5.97 Å². The molecule has 1 heterocycles. The Bertz CT molecular complexity index is 587. The maximum absolute atomic E-state index is 13.8. The minimum atomic E-state index is -1.12. The molecular weight excluding hydrogens is 292 g/mol. The summed E-state index contributed by atoms with van der Waals surface area (Å²) in [6, 6.07) is 2.06. The lowest BCUT2D eigenvalue weighted by atomic mass is 10.1. The fourth-order valence-electron chi connectivity index (χ4n) is 1.35. The molecule has 0 aromatic carbocycles. The molecule has 122 valence electrons. The molecule has 1 aromatic heterocycles. The van der Waals surface area contributed by atoms with E-state index in [9.17, 15) is 13.6 Å². The summed E-state index contributed by atoms with van der Waals surface area (Å²) in [7, 11) is 0. The largest absolute Gasteiger partial charge is 0.455 e. The molecule has 1 aromatic rings. The first-order valence-corrected chi connectivity index (χ1v) is 6.80. The van der Waals surface area contributed by atoms with E-state index in [4.69, 9.17) is 4.74 Å². The number of carbonyl (C=O) groups excluding carboxylic acids is 1. The molecule has 1 rings (SSSR count). The van der Waals surface area contributed by atoms with E-state index in [2.05, 4.69) is 15.5 Å². The first kappa shape index (κ1) is 18.0. The molecule has 22 heavy (non-hydrogen) atoms. The van der Waals surface area contributed by atoms with E-state index in [1.165, 1.54) is 0 Å². The van der Waals surface area contributed by atoms with Crippen LogP contribution in [0.1, 0.15) is 47.1 Å². The van der Waals surface area contributed by atoms with Crippen molar-refractivity contribution in [3.63, 3.8) is 0 Å². The van der Waals surface area contributed by atoms with E-state index in [0.29, 0.717) is 0 Å². The van der Waals surface area contributed by atoms with Gasteiger partial charge in [0.1, 0.15) is 5.60 Å². The van der Waals surface area contributed by atoms with E-state index in [-0.39, 0.29) is 11.3 Å². The summed E-state index contributed by atoms with van der Waals surface area (Å²) in [6.07, 6.45) is 0. The van der Waals surface area contributed by atoms with Crippen molar-refractivity contribution in [1.82, 2.24) is 10.4 Å². The Morgan fingerprint density at radius 1 is 1.18 bits per heavy atom. The Morgan fingerprint density at radius 2 is 1.77 bits per heavy atom. The molecule has 0 bridgehead atoms. The number of nitrogens with zero attached hydrogens (tertiary/aromatic N) is 2. The number of hydrazone groups is 1. The van der Waals surface area contributed by atoms with Gasteiger partial charge in [-0.3, -0.25) is 0 Å². The maximum Gasteiger partial charge on any atom is 0.360 e. The molecule has 0 amide bonds. The molecule has 0 aliphatic carbocycles. The fourth-order valence-corrected chi connectivity index (χ4v) is 1.35. The minimum absolute atomic E-state index is 0.229. The second-order valence-corrected chi connectivity index (χ2v) is 6.80. The van der Waals surface area contributed by atoms with Crippen LogP contribution in [-0.2, 0) is 9.53 Å². The second kappa shape index (κ2) is 6.37. The molecule has 0 aliphatic rings. The zero-order valence-corrected chi connectivity index (χ0v) is 13.6. The molecule has 0 aliphatic heterocycles. The van der Waals surface area contributed by atoms with Gasteiger partial charge in [-0.2, -0.15) is 18.9 Å². The average molecular weight is 313 g/mol. The molecule has 0 radical (unpaired) electrons. The number of nitrogens with one attached hydrogen (secondary N) is 1. The summed E-state index contributed by atoms with van der Waals surface area (Å²) in [5, 5.41) is 3.93. The third kappa shape index (κ3) is 5.75. The van der Waals surface area contributed by atoms with Gasteiger partial charge in [-0.15, -0.1) is 0 Å². The van der Waals surface area contributed by atoms with Crippen molar-refractivity contribution in [3.05, 3.63) is 29.6 Å². The molecule has 0 unspecified atom stereocenters. The number of esters is 1. The normalized spacial score (nSPS) is 13.0. The number of hydrogen-bond donors (Lipinski definition) is 1. The lowest BCUT2D eigenvalue weighted by molar-refractivity contribution is -0.146. The second-order valence-electron chi connectivity index (χ2n) is 6.80. The molecule has 5 nitrogen and oxygen atoms in total. The quantitative estimate of drug-likeness (QED) is 0.403. The van der Waals surface area contributed by atoms with Crippen molar-refractivity contribution in [1.29, 1.82) is 0 Å². The maximum atomic E-state index is 13.8. The van der Waals surface area contributed by atoms with Crippen molar-refractivity contribution in [2.75, 3.05) is 0 Å². The van der Waals surface area contributed by atoms with Gasteiger partial charge < -0.3 is 10.2 Å². The Kier molecular flexibility index (Phi) is 5.22. The van der Waals surface area contributed by atoms with E-state index in [0.717, 1.165) is 12.1 Å². The van der Waals surface area contributed by atoms with Crippen LogP contribution in [0, 0.1) is 11.9 Å². The molecule has 0 saturated heterocycles. The van der Waals surface area contributed by atoms with Crippen LogP contribution in [0.15, 0.2) is 17.2 Å². The van der Waals surface area contributed by atoms with Gasteiger partial charge in [0, 0.05) is 5.54 Å². The highest BCUT2D eigenvalue weighted by Crippen LogP contribution is 2.13. The van der Waals surface area contributed by atoms with Gasteiger partial charge in [0.2, 0.25) is 11.9 Å². The SMILES string of the molecule is CC(C)(C)N/N=C(/C(=O)OC(C)(C)C)c1ccc(F)nc1F. The number of ether oxygens (including phenoxy) is 1. The van der Waals surface area contributed by atoms with Crippen LogP contribution in [-0.4, -0.2) is 27.8 Å². The van der Waals surface area contributed by atoms with Crippen LogP contribution in [0.3, 0.4) is 0 Å². The summed E-state index contributed by atoms with van der Waals surface area (Å²) in [5.74, 6) is -2.93. The van der Waals surface area contributed by atoms with Gasteiger partial charge in [-0.1, -0.05) is 0 Å². The van der Waals surface area contributed by atoms with Crippen molar-refractivity contribution in [2.24, 2.45) is 5.10 Å². The number of rotatable bonds is 3. The van der Waals surface area contributed by atoms with Gasteiger partial charge in [-0.25, -0.2) is 4.79 Å². The summed E-state index contributed by atoms with van der Waals surface area (Å²) in [6.45, 7) is 10.5. The van der Waals surface area contributed by atoms with Crippen LogP contribution in [0.25, 0.3) is 0 Å². The number of hydrogen-bond acceptors (Lipinski definition) is 5. The van der Waals surface area contributed by atoms with Crippen LogP contribution >= 0.6 is 0 Å². The van der Waals surface area contributed by atoms with Crippen LogP contribution in [0.5, 0.6) is 0 Å². The first-order chi connectivity index (χ1) is 9.89. The Hall–Kier alpha value is -2.05. The van der Waals surface area contributed by atoms with E-state index >= 15 is 0 Å². The monoisotopic (exact) mass is 313 g/mol. The van der Waals surface area contributed by atoms with Crippen molar-refractivity contribution >= 4 is 11.7 Å². The lowest BCUT2D eigenvalue weighted by Crippen LogP contribution is -2.36. The third-order valence-corrected chi connectivity index (χ3v) is 2.17. The zero-order chi connectivity index (χ0) is 17.1. The number of pyridine rings is 1. The van der Waals surface area contributed by atoms with Crippen LogP contribution < -0.4 is 5.43 Å². The fraction of sp³-hybridized carbons (Fsp3) is 0.533. The van der Waals surface area contributed by atoms with Crippen molar-refractivity contribution in [2.45, 2.75) is 52.7 Å². The highest BCUT2D eigenvalue weighted by atomic mass is 19.1. The van der Waals surface area contributed by atoms with Crippen molar-refractivity contribution in [3.8, 4) is 0 Å². The van der Waals surface area contributed by atoms with Crippen molar-refractivity contribution < 1.29 is 18.3 Å². The summed E-state index contributed by atoms with van der Waals surface area (Å²) < 4.78 is 32.0. The Labute approximate surface area is 128 Å². The summed E-state index contributed by atoms with van der Waals surface area (Å²) in [5.41, 5.74) is 0.981. The third-order valence-electron chi connectivity index (χ3n) is 2.17. The number of halogens is 2. The average Bonchev–Trinajstić information content (AvgIpc) is 2.27. The highest BCUT2D eigenvalue weighted by Gasteiger charge is 2.26. The topological polar surface area (TPSA) is 63.6 Å². The molecule has 0 saturated carbocycles. The summed E-state index contributed by atoms with van der Waals surface area (Å²) in [4.78, 5) is 15.3. The van der Waals surface area contributed by atoms with Gasteiger partial charge in [0.25, 0.3) is 0 Å². The Morgan fingerprint density at radius 3 is 2.23 bits per heavy atom. The molecule has 0 fully saturated rings. The van der Waals surface area contributed by atoms with E-state index in [1.807, 2.05) is 20.8 Å². The minimum Gasteiger partial charge on any atom is -0.455 e. The highest BCUT2D eigenvalue weighted by molar-refractivity contribution is 6.43. The van der Waals surface area contributed by atoms with Crippen LogP contribution in [0.2, 0.25) is 0 Å². The molecule has 1 N–H and O–H groups in total. The van der Waals surface area contributed by atoms with E-state index < -0.39 is 29.0 Å². The lowest BCUT2D eigenvalue weighted by Gasteiger charge is -2.22. The smallest absolute Gasteiger partial charge is 0.360 e. The first-order valence-electron chi connectivity index (χ1n) is 6.80. The van der Waals surface area contributed by atoms with Gasteiger partial charge in [-0.05, 0) is 53.7 Å². The zero-order valence-electron chi connectivity index (χ0n) is 13.6. The predicted octanol–water partition coefficient (Wildman–Crippen LogP) is 2.79. The van der Waals surface area contributed by atoms with Crippen LogP contribution in [0.4, 0.5) is 8.78 Å². The van der Waals surface area contributed by atoms with Gasteiger partial charge in [0.15, 0.2) is 5.71 Å². The molecular formula is C15H21F2N3O2. The number of aromatic nitrogens is 1. The van der Waals surface area contributed by atoms with E-state index in [1.54, 1.807) is 20.8 Å². The number of carbonyl (C=O) groups is 1.